The predicted molar refractivity (Wildman–Crippen MR) is 174 cm³/mol. The van der Waals surface area contributed by atoms with Crippen LogP contribution in [-0.2, 0) is 38.4 Å². The lowest BCUT2D eigenvalue weighted by Crippen LogP contribution is -2.56. The zero-order valence-corrected chi connectivity index (χ0v) is 25.4. The number of carbonyl (C=O) groups excluding carboxylic acids is 4. The first-order chi connectivity index (χ1) is 22.2. The number of hydrogen-bond acceptors (Lipinski definition) is 6. The van der Waals surface area contributed by atoms with Crippen LogP contribution in [-0.4, -0.2) is 57.9 Å². The van der Waals surface area contributed by atoms with Gasteiger partial charge in [0, 0.05) is 36.0 Å². The van der Waals surface area contributed by atoms with Gasteiger partial charge in [-0.05, 0) is 54.2 Å². The summed E-state index contributed by atoms with van der Waals surface area (Å²) in [4.78, 5) is 56.1. The lowest BCUT2D eigenvalue weighted by atomic mass is 9.98. The van der Waals surface area contributed by atoms with E-state index in [0.29, 0.717) is 12.8 Å². The van der Waals surface area contributed by atoms with Crippen LogP contribution >= 0.6 is 0 Å². The van der Waals surface area contributed by atoms with E-state index in [2.05, 4.69) is 20.9 Å². The molecule has 4 amide bonds. The number of amides is 4. The molecule has 4 aromatic rings. The summed E-state index contributed by atoms with van der Waals surface area (Å²) >= 11 is 0. The van der Waals surface area contributed by atoms with E-state index in [1.807, 2.05) is 54.6 Å². The van der Waals surface area contributed by atoms with Gasteiger partial charge >= 0.3 is 0 Å². The fourth-order valence-corrected chi connectivity index (χ4v) is 6.07. The minimum absolute atomic E-state index is 0.125. The fraction of sp³-hybridized carbons (Fsp3) is 0.314. The lowest BCUT2D eigenvalue weighted by Gasteiger charge is -2.26. The molecule has 0 saturated heterocycles. The van der Waals surface area contributed by atoms with E-state index in [1.165, 1.54) is 12.1 Å². The van der Waals surface area contributed by atoms with Gasteiger partial charge in [0.2, 0.25) is 23.6 Å². The summed E-state index contributed by atoms with van der Waals surface area (Å²) in [6.07, 6.45) is 4.29. The van der Waals surface area contributed by atoms with Gasteiger partial charge in [-0.25, -0.2) is 0 Å². The highest BCUT2D eigenvalue weighted by Gasteiger charge is 2.37. The molecule has 5 atom stereocenters. The van der Waals surface area contributed by atoms with Crippen molar-refractivity contribution in [3.8, 4) is 5.75 Å². The summed E-state index contributed by atoms with van der Waals surface area (Å²) < 4.78 is 0. The predicted octanol–water partition coefficient (Wildman–Crippen LogP) is 1.97. The van der Waals surface area contributed by atoms with Crippen LogP contribution in [0.25, 0.3) is 10.9 Å². The first kappa shape index (κ1) is 32.2. The molecule has 46 heavy (non-hydrogen) atoms. The number of carbonyl (C=O) groups is 4. The van der Waals surface area contributed by atoms with Crippen molar-refractivity contribution in [3.63, 3.8) is 0 Å². The van der Waals surface area contributed by atoms with E-state index in [9.17, 15) is 24.3 Å². The van der Waals surface area contributed by atoms with Gasteiger partial charge in [-0.2, -0.15) is 0 Å². The Hall–Kier alpha value is -5.16. The molecule has 1 fully saturated rings. The van der Waals surface area contributed by atoms with Gasteiger partial charge in [0.1, 0.15) is 17.8 Å². The monoisotopic (exact) mass is 624 g/mol. The molecule has 1 saturated carbocycles. The highest BCUT2D eigenvalue weighted by Crippen LogP contribution is 2.27. The van der Waals surface area contributed by atoms with Crippen molar-refractivity contribution in [2.75, 3.05) is 0 Å². The maximum atomic E-state index is 13.8. The molecule has 5 rings (SSSR count). The number of phenolic OH excluding ortho intramolecular Hbond substituents is 1. The second-order valence-electron chi connectivity index (χ2n) is 11.9. The molecule has 0 bridgehead atoms. The highest BCUT2D eigenvalue weighted by atomic mass is 16.3. The number of nitrogens with one attached hydrogen (secondary N) is 4. The van der Waals surface area contributed by atoms with Gasteiger partial charge in [0.25, 0.3) is 0 Å². The Morgan fingerprint density at radius 1 is 0.804 bits per heavy atom. The Balaban J connectivity index is 1.29. The van der Waals surface area contributed by atoms with E-state index in [1.54, 1.807) is 18.3 Å². The Morgan fingerprint density at radius 3 is 2.24 bits per heavy atom. The number of phenols is 1. The Labute approximate surface area is 267 Å². The summed E-state index contributed by atoms with van der Waals surface area (Å²) in [5.74, 6) is -2.41. The van der Waals surface area contributed by atoms with Crippen LogP contribution in [0.2, 0.25) is 0 Å². The molecule has 240 valence electrons. The number of rotatable bonds is 13. The molecule has 1 aliphatic carbocycles. The van der Waals surface area contributed by atoms with E-state index >= 15 is 0 Å². The molecule has 1 aromatic heterocycles. The van der Waals surface area contributed by atoms with Crippen molar-refractivity contribution in [1.82, 2.24) is 20.9 Å². The average molecular weight is 625 g/mol. The van der Waals surface area contributed by atoms with Crippen LogP contribution in [0.4, 0.5) is 0 Å². The van der Waals surface area contributed by atoms with E-state index in [-0.39, 0.29) is 36.8 Å². The molecular weight excluding hydrogens is 584 g/mol. The zero-order chi connectivity index (χ0) is 32.6. The van der Waals surface area contributed by atoms with Crippen LogP contribution < -0.4 is 27.4 Å². The highest BCUT2D eigenvalue weighted by molar-refractivity contribution is 5.93. The van der Waals surface area contributed by atoms with Crippen LogP contribution in [0.15, 0.2) is 85.1 Å². The van der Waals surface area contributed by atoms with Gasteiger partial charge < -0.3 is 37.5 Å². The van der Waals surface area contributed by atoms with Gasteiger partial charge in [0.05, 0.1) is 12.0 Å². The molecule has 0 aliphatic heterocycles. The number of primary amides is 1. The molecule has 0 unspecified atom stereocenters. The molecule has 0 spiro atoms. The summed E-state index contributed by atoms with van der Waals surface area (Å²) in [7, 11) is 0. The number of aromatic amines is 1. The van der Waals surface area contributed by atoms with Crippen molar-refractivity contribution in [3.05, 3.63) is 102 Å². The van der Waals surface area contributed by atoms with Crippen molar-refractivity contribution in [1.29, 1.82) is 0 Å². The minimum atomic E-state index is -1.02. The standard InChI is InChI=1S/C35H40N6O5/c36-27(17-22-13-15-24(42)16-14-22)34(45)39-29-12-6-10-26(29)33(44)41-31(19-23-20-38-28-11-5-4-9-25(23)28)35(46)40-30(32(37)43)18-21-7-2-1-3-8-21/h1-5,7-9,11,13-16,20,26-27,29-31,38,42H,6,10,12,17-19,36H2,(H2,37,43)(H,39,45)(H,40,46)(H,41,44)/t26-,27-,29-,30-,31-/m0/s1. The molecule has 11 nitrogen and oxygen atoms in total. The molecule has 1 heterocycles. The Bertz CT molecular complexity index is 1670. The second kappa shape index (κ2) is 14.7. The van der Waals surface area contributed by atoms with Crippen LogP contribution in [0.5, 0.6) is 5.75 Å². The second-order valence-corrected chi connectivity index (χ2v) is 11.9. The average Bonchev–Trinajstić information content (AvgIpc) is 3.69. The van der Waals surface area contributed by atoms with Crippen LogP contribution in [0.1, 0.15) is 36.0 Å². The van der Waals surface area contributed by atoms with Crippen molar-refractivity contribution in [2.24, 2.45) is 17.4 Å². The summed E-state index contributed by atoms with van der Waals surface area (Å²) in [6, 6.07) is 20.1. The summed E-state index contributed by atoms with van der Waals surface area (Å²) in [5, 5.41) is 19.1. The third kappa shape index (κ3) is 8.10. The topological polar surface area (TPSA) is 192 Å². The number of benzene rings is 3. The number of H-pyrrole nitrogens is 1. The number of aromatic nitrogens is 1. The van der Waals surface area contributed by atoms with Crippen molar-refractivity contribution >= 4 is 34.5 Å². The van der Waals surface area contributed by atoms with Gasteiger partial charge in [0.15, 0.2) is 0 Å². The van der Waals surface area contributed by atoms with Crippen molar-refractivity contribution < 1.29 is 24.3 Å². The Kier molecular flexibility index (Phi) is 10.3. The molecule has 0 radical (unpaired) electrons. The Morgan fingerprint density at radius 2 is 1.50 bits per heavy atom. The van der Waals surface area contributed by atoms with Crippen LogP contribution in [0, 0.1) is 5.92 Å². The number of nitrogens with two attached hydrogens (primary N) is 2. The molecule has 3 aromatic carbocycles. The van der Waals surface area contributed by atoms with Gasteiger partial charge in [-0.15, -0.1) is 0 Å². The maximum absolute atomic E-state index is 13.8. The van der Waals surface area contributed by atoms with Crippen molar-refractivity contribution in [2.45, 2.75) is 62.7 Å². The molecule has 9 N–H and O–H groups in total. The third-order valence-electron chi connectivity index (χ3n) is 8.58. The SMILES string of the molecule is NC(=O)[C@H](Cc1ccccc1)NC(=O)[C@H](Cc1c[nH]c2ccccc12)NC(=O)[C@H]1CCC[C@@H]1NC(=O)[C@@H](N)Cc1ccc(O)cc1. The first-order valence-corrected chi connectivity index (χ1v) is 15.5. The fourth-order valence-electron chi connectivity index (χ4n) is 6.07. The minimum Gasteiger partial charge on any atom is -0.508 e. The van der Waals surface area contributed by atoms with E-state index in [4.69, 9.17) is 11.5 Å². The number of hydrogen-bond donors (Lipinski definition) is 7. The van der Waals surface area contributed by atoms with Gasteiger partial charge in [-0.3, -0.25) is 19.2 Å². The lowest BCUT2D eigenvalue weighted by molar-refractivity contribution is -0.133. The number of para-hydroxylation sites is 1. The quantitative estimate of drug-likeness (QED) is 0.119. The molecule has 11 heteroatoms. The van der Waals surface area contributed by atoms with E-state index in [0.717, 1.165) is 34.0 Å². The molecular formula is C35H40N6O5. The zero-order valence-electron chi connectivity index (χ0n) is 25.4. The summed E-state index contributed by atoms with van der Waals surface area (Å²) in [5.41, 5.74) is 15.2. The first-order valence-electron chi connectivity index (χ1n) is 15.5. The van der Waals surface area contributed by atoms with E-state index < -0.39 is 41.9 Å². The summed E-state index contributed by atoms with van der Waals surface area (Å²) in [6.45, 7) is 0. The third-order valence-corrected chi connectivity index (χ3v) is 8.58. The number of fused-ring (bicyclic) bond motifs is 1. The van der Waals surface area contributed by atoms with Crippen LogP contribution in [0.3, 0.4) is 0 Å². The number of aromatic hydroxyl groups is 1. The smallest absolute Gasteiger partial charge is 0.243 e. The maximum Gasteiger partial charge on any atom is 0.243 e. The normalized spacial score (nSPS) is 17.9. The van der Waals surface area contributed by atoms with Gasteiger partial charge in [-0.1, -0.05) is 67.1 Å². The molecule has 1 aliphatic rings. The largest absolute Gasteiger partial charge is 0.508 e.